The predicted molar refractivity (Wildman–Crippen MR) is 215 cm³/mol. The minimum Gasteiger partial charge on any atom is -0.397 e. The van der Waals surface area contributed by atoms with Gasteiger partial charge >= 0.3 is 34.1 Å². The summed E-state index contributed by atoms with van der Waals surface area (Å²) in [6.07, 6.45) is 28.3. The number of hydrogen-bond donors (Lipinski definition) is 4. The molecule has 280 valence electrons. The molecule has 0 saturated heterocycles. The summed E-state index contributed by atoms with van der Waals surface area (Å²) in [6, 6.07) is 11.6. The molecular formula is C42H76Fe2N4. The fourth-order valence-electron chi connectivity index (χ4n) is 6.13. The van der Waals surface area contributed by atoms with Gasteiger partial charge in [-0.3, -0.25) is 0 Å². The Kier molecular flexibility index (Phi) is 42.7. The van der Waals surface area contributed by atoms with Gasteiger partial charge in [-0.1, -0.05) is 135 Å². The molecule has 0 amide bonds. The fourth-order valence-corrected chi connectivity index (χ4v) is 6.13. The van der Waals surface area contributed by atoms with Crippen LogP contribution < -0.4 is 22.9 Å². The van der Waals surface area contributed by atoms with E-state index in [9.17, 15) is 0 Å². The van der Waals surface area contributed by atoms with Gasteiger partial charge in [0.25, 0.3) is 0 Å². The van der Waals surface area contributed by atoms with Gasteiger partial charge < -0.3 is 52.6 Å². The van der Waals surface area contributed by atoms with Crippen molar-refractivity contribution in [3.63, 3.8) is 0 Å². The van der Waals surface area contributed by atoms with Gasteiger partial charge in [0.05, 0.1) is 22.7 Å². The van der Waals surface area contributed by atoms with Crippen molar-refractivity contribution in [2.75, 3.05) is 22.9 Å². The average Bonchev–Trinajstić information content (AvgIpc) is 3.81. The van der Waals surface area contributed by atoms with E-state index in [0.717, 1.165) is 23.6 Å². The zero-order valence-electron chi connectivity index (χ0n) is 29.8. The van der Waals surface area contributed by atoms with Crippen LogP contribution in [0.15, 0.2) is 36.4 Å². The molecule has 4 aliphatic carbocycles. The second kappa shape index (κ2) is 35.1. The molecular weight excluding hydrogens is 672 g/mol. The normalized spacial score (nSPS) is 15.3. The third-order valence-corrected chi connectivity index (χ3v) is 8.83. The van der Waals surface area contributed by atoms with Crippen LogP contribution in [0.2, 0.25) is 0 Å². The number of hydrogen-bond acceptors (Lipinski definition) is 4. The molecule has 2 aromatic carbocycles. The quantitative estimate of drug-likeness (QED) is 0.109. The van der Waals surface area contributed by atoms with Crippen LogP contribution >= 0.6 is 0 Å². The summed E-state index contributed by atoms with van der Waals surface area (Å²) in [5, 5.41) is 0. The molecule has 6 rings (SSSR count). The van der Waals surface area contributed by atoms with Crippen molar-refractivity contribution in [2.45, 2.75) is 143 Å². The number of nitrogens with two attached hydrogens (primary N) is 4. The van der Waals surface area contributed by atoms with Crippen LogP contribution in [0, 0.1) is 53.4 Å². The Balaban J connectivity index is -0.000000126. The Morgan fingerprint density at radius 3 is 1.31 bits per heavy atom. The van der Waals surface area contributed by atoms with E-state index in [2.05, 4.69) is 17.9 Å². The Labute approximate surface area is 322 Å². The van der Waals surface area contributed by atoms with Crippen molar-refractivity contribution in [2.24, 2.45) is 11.8 Å². The SMILES string of the molecule is C.C.C1CCCC1.C1CCCC1.Nc1ccc(C#CC2CCCC2)cc1N.Nc1ccc(CCC2CCCC2)cc1N.[CH3-].[CH3-].[CH3-].[CH3-].[Fe+2].[Fe+2]. The Hall–Kier alpha value is -1.76. The molecule has 6 heteroatoms. The van der Waals surface area contributed by atoms with E-state index in [1.165, 1.54) is 128 Å². The maximum Gasteiger partial charge on any atom is 2.00 e. The smallest absolute Gasteiger partial charge is 0.397 e. The minimum atomic E-state index is 0. The van der Waals surface area contributed by atoms with Crippen molar-refractivity contribution >= 4 is 22.7 Å². The van der Waals surface area contributed by atoms with Gasteiger partial charge in [0.1, 0.15) is 0 Å². The van der Waals surface area contributed by atoms with Gasteiger partial charge in [-0.15, -0.1) is 0 Å². The summed E-state index contributed by atoms with van der Waals surface area (Å²) in [4.78, 5) is 0. The van der Waals surface area contributed by atoms with Crippen molar-refractivity contribution in [1.29, 1.82) is 0 Å². The van der Waals surface area contributed by atoms with Gasteiger partial charge in [0.2, 0.25) is 0 Å². The molecule has 4 fully saturated rings. The van der Waals surface area contributed by atoms with Crippen LogP contribution in [-0.4, -0.2) is 0 Å². The zero-order chi connectivity index (χ0) is 28.4. The molecule has 2 aromatic rings. The second-order valence-electron chi connectivity index (χ2n) is 12.3. The van der Waals surface area contributed by atoms with Crippen LogP contribution in [0.3, 0.4) is 0 Å². The molecule has 0 heterocycles. The third kappa shape index (κ3) is 24.4. The first-order valence-electron chi connectivity index (χ1n) is 16.3. The Bertz CT molecular complexity index is 1020. The van der Waals surface area contributed by atoms with Gasteiger partial charge in [0.15, 0.2) is 0 Å². The fraction of sp³-hybridized carbons (Fsp3) is 0.571. The van der Waals surface area contributed by atoms with Crippen molar-refractivity contribution in [1.82, 2.24) is 0 Å². The van der Waals surface area contributed by atoms with E-state index in [4.69, 9.17) is 22.9 Å². The maximum absolute atomic E-state index is 5.78. The van der Waals surface area contributed by atoms with E-state index < -0.39 is 0 Å². The van der Waals surface area contributed by atoms with E-state index in [1.807, 2.05) is 30.3 Å². The van der Waals surface area contributed by atoms with E-state index in [1.54, 1.807) is 0 Å². The second-order valence-corrected chi connectivity index (χ2v) is 12.3. The van der Waals surface area contributed by atoms with E-state index in [0.29, 0.717) is 23.0 Å². The molecule has 0 atom stereocenters. The van der Waals surface area contributed by atoms with Gasteiger partial charge in [-0.2, -0.15) is 0 Å². The summed E-state index contributed by atoms with van der Waals surface area (Å²) >= 11 is 0. The van der Waals surface area contributed by atoms with Crippen molar-refractivity contribution in [3.8, 4) is 11.8 Å². The standard InChI is InChI=1S/C13H20N2.C13H16N2.2C5H10.2CH4.4CH3.2Fe/c2*14-12-8-7-11(9-13(12)15)6-5-10-3-1-2-4-10;2*1-2-4-5-3-1;;;;;;;;/h7-10H,1-6,14-15H2;7-10H,1-4,14-15H2;2*1-5H2;2*1H4;4*1H3;;/q;;;;;;4*-1;2*+2. The van der Waals surface area contributed by atoms with Crippen LogP contribution in [0.1, 0.15) is 148 Å². The molecule has 0 radical (unpaired) electrons. The molecule has 4 aliphatic rings. The minimum absolute atomic E-state index is 0. The Morgan fingerprint density at radius 2 is 0.896 bits per heavy atom. The third-order valence-electron chi connectivity index (χ3n) is 8.83. The summed E-state index contributed by atoms with van der Waals surface area (Å²) in [7, 11) is 0. The first-order valence-corrected chi connectivity index (χ1v) is 16.3. The molecule has 0 aliphatic heterocycles. The molecule has 0 spiro atoms. The van der Waals surface area contributed by atoms with Crippen molar-refractivity contribution in [3.05, 3.63) is 77.2 Å². The first-order chi connectivity index (χ1) is 19.5. The van der Waals surface area contributed by atoms with Crippen LogP contribution in [0.25, 0.3) is 0 Å². The van der Waals surface area contributed by atoms with E-state index in [-0.39, 0.29) is 78.7 Å². The number of benzene rings is 2. The number of aryl methyl sites for hydroxylation is 1. The van der Waals surface area contributed by atoms with Crippen LogP contribution in [0.5, 0.6) is 0 Å². The van der Waals surface area contributed by atoms with Gasteiger partial charge in [-0.25, -0.2) is 0 Å². The largest absolute Gasteiger partial charge is 2.00 e. The monoisotopic (exact) mass is 748 g/mol. The van der Waals surface area contributed by atoms with Gasteiger partial charge in [0, 0.05) is 11.5 Å². The maximum atomic E-state index is 5.78. The summed E-state index contributed by atoms with van der Waals surface area (Å²) < 4.78 is 0. The molecule has 0 bridgehead atoms. The average molecular weight is 749 g/mol. The number of rotatable bonds is 3. The zero-order valence-corrected chi connectivity index (χ0v) is 32.0. The van der Waals surface area contributed by atoms with Gasteiger partial charge in [-0.05, 0) is 67.5 Å². The number of nitrogen functional groups attached to an aromatic ring is 4. The molecule has 0 aromatic heterocycles. The van der Waals surface area contributed by atoms with E-state index >= 15 is 0 Å². The van der Waals surface area contributed by atoms with Crippen LogP contribution in [0.4, 0.5) is 22.7 Å². The Morgan fingerprint density at radius 1 is 0.500 bits per heavy atom. The molecule has 8 N–H and O–H groups in total. The summed E-state index contributed by atoms with van der Waals surface area (Å²) in [6.45, 7) is 0. The molecule has 4 saturated carbocycles. The summed E-state index contributed by atoms with van der Waals surface area (Å²) in [5.41, 5.74) is 27.8. The molecule has 48 heavy (non-hydrogen) atoms. The topological polar surface area (TPSA) is 104 Å². The van der Waals surface area contributed by atoms with Crippen molar-refractivity contribution < 1.29 is 34.1 Å². The predicted octanol–water partition coefficient (Wildman–Crippen LogP) is 12.3. The molecule has 4 nitrogen and oxygen atoms in total. The van der Waals surface area contributed by atoms with Crippen LogP contribution in [-0.2, 0) is 40.6 Å². The first kappa shape index (κ1) is 58.4. The summed E-state index contributed by atoms with van der Waals surface area (Å²) in [5.74, 6) is 8.00. The molecule has 0 unspecified atom stereocenters. The number of anilines is 4.